The average Bonchev–Trinajstić information content (AvgIpc) is 3.43. The van der Waals surface area contributed by atoms with Crippen molar-refractivity contribution in [1.82, 2.24) is 30.0 Å². The number of hydrogen-bond acceptors (Lipinski definition) is 8. The number of rotatable bonds is 6. The fourth-order valence-corrected chi connectivity index (χ4v) is 3.90. The van der Waals surface area contributed by atoms with Gasteiger partial charge in [-0.25, -0.2) is 23.4 Å². The summed E-state index contributed by atoms with van der Waals surface area (Å²) in [6, 6.07) is 8.37. The van der Waals surface area contributed by atoms with Crippen LogP contribution < -0.4 is 5.32 Å². The van der Waals surface area contributed by atoms with Crippen molar-refractivity contribution in [2.45, 2.75) is 17.9 Å². The third-order valence-electron chi connectivity index (χ3n) is 4.41. The lowest BCUT2D eigenvalue weighted by Crippen LogP contribution is -2.29. The molecule has 0 fully saturated rings. The van der Waals surface area contributed by atoms with E-state index in [4.69, 9.17) is 16.0 Å². The minimum absolute atomic E-state index is 0.0521. The van der Waals surface area contributed by atoms with E-state index in [0.29, 0.717) is 17.4 Å². The molecular weight excluding hydrogens is 456 g/mol. The molecule has 0 spiro atoms. The van der Waals surface area contributed by atoms with E-state index in [0.717, 1.165) is 6.26 Å². The molecule has 1 atom stereocenters. The molecule has 1 N–H and O–H groups in total. The summed E-state index contributed by atoms with van der Waals surface area (Å²) in [5.41, 5.74) is 0.0954. The Morgan fingerprint density at radius 2 is 1.94 bits per heavy atom. The Labute approximate surface area is 188 Å². The third kappa shape index (κ3) is 4.53. The van der Waals surface area contributed by atoms with Crippen molar-refractivity contribution in [3.8, 4) is 17.5 Å². The van der Waals surface area contributed by atoms with Gasteiger partial charge in [-0.05, 0) is 43.3 Å². The van der Waals surface area contributed by atoms with Crippen molar-refractivity contribution in [3.63, 3.8) is 0 Å². The molecule has 4 aromatic rings. The number of aromatic nitrogens is 5. The monoisotopic (exact) mass is 472 g/mol. The zero-order chi connectivity index (χ0) is 22.9. The van der Waals surface area contributed by atoms with Gasteiger partial charge < -0.3 is 9.73 Å². The van der Waals surface area contributed by atoms with Crippen LogP contribution in [-0.4, -0.2) is 45.3 Å². The maximum Gasteiger partial charge on any atom is 0.252 e. The molecule has 0 aliphatic rings. The molecule has 0 aliphatic carbocycles. The van der Waals surface area contributed by atoms with Crippen LogP contribution in [0.15, 0.2) is 64.4 Å². The Hall–Kier alpha value is -3.57. The minimum Gasteiger partial charge on any atom is -0.461 e. The molecular formula is C20H17ClN6O4S. The van der Waals surface area contributed by atoms with Crippen LogP contribution in [0, 0.1) is 0 Å². The predicted molar refractivity (Wildman–Crippen MR) is 115 cm³/mol. The average molecular weight is 473 g/mol. The van der Waals surface area contributed by atoms with Crippen LogP contribution in [0.5, 0.6) is 0 Å². The van der Waals surface area contributed by atoms with Crippen LogP contribution in [0.2, 0.25) is 5.02 Å². The lowest BCUT2D eigenvalue weighted by Gasteiger charge is -2.14. The van der Waals surface area contributed by atoms with Gasteiger partial charge >= 0.3 is 0 Å². The summed E-state index contributed by atoms with van der Waals surface area (Å²) >= 11 is 6.02. The molecule has 164 valence electrons. The predicted octanol–water partition coefficient (Wildman–Crippen LogP) is 2.87. The summed E-state index contributed by atoms with van der Waals surface area (Å²) in [5.74, 6) is 0.804. The Morgan fingerprint density at radius 1 is 1.19 bits per heavy atom. The highest BCUT2D eigenvalue weighted by Crippen LogP contribution is 2.23. The number of halogens is 1. The first-order chi connectivity index (χ1) is 15.2. The topological polar surface area (TPSA) is 133 Å². The zero-order valence-corrected chi connectivity index (χ0v) is 18.5. The molecule has 32 heavy (non-hydrogen) atoms. The van der Waals surface area contributed by atoms with E-state index in [1.165, 1.54) is 29.1 Å². The van der Waals surface area contributed by atoms with Crippen molar-refractivity contribution in [2.24, 2.45) is 0 Å². The number of amides is 1. The van der Waals surface area contributed by atoms with Crippen LogP contribution in [0.1, 0.15) is 29.1 Å². The number of carbonyl (C=O) groups is 1. The molecule has 1 aromatic carbocycles. The number of furan rings is 1. The van der Waals surface area contributed by atoms with Gasteiger partial charge in [-0.1, -0.05) is 11.6 Å². The highest BCUT2D eigenvalue weighted by Gasteiger charge is 2.23. The van der Waals surface area contributed by atoms with Crippen molar-refractivity contribution in [2.75, 3.05) is 6.26 Å². The maximum atomic E-state index is 12.9. The van der Waals surface area contributed by atoms with Gasteiger partial charge in [0.25, 0.3) is 11.9 Å². The SMILES string of the molecule is CC(NC(=O)c1cc(Cl)cc(S(C)(=O)=O)c1)c1nc(-c2ccco2)nn1-c1ncccn1. The Kier molecular flexibility index (Phi) is 5.76. The second kappa shape index (κ2) is 8.52. The summed E-state index contributed by atoms with van der Waals surface area (Å²) in [6.07, 6.45) is 5.66. The normalized spacial score (nSPS) is 12.5. The molecule has 0 bridgehead atoms. The first-order valence-corrected chi connectivity index (χ1v) is 11.6. The second-order valence-electron chi connectivity index (χ2n) is 6.87. The highest BCUT2D eigenvalue weighted by atomic mass is 35.5. The highest BCUT2D eigenvalue weighted by molar-refractivity contribution is 7.90. The van der Waals surface area contributed by atoms with E-state index in [2.05, 4.69) is 25.4 Å². The summed E-state index contributed by atoms with van der Waals surface area (Å²) in [7, 11) is -3.54. The minimum atomic E-state index is -3.54. The molecule has 3 aromatic heterocycles. The number of sulfone groups is 1. The first-order valence-electron chi connectivity index (χ1n) is 9.32. The van der Waals surface area contributed by atoms with E-state index >= 15 is 0 Å². The number of nitrogens with one attached hydrogen (secondary N) is 1. The molecule has 0 aliphatic heterocycles. The van der Waals surface area contributed by atoms with Crippen molar-refractivity contribution in [3.05, 3.63) is 71.5 Å². The molecule has 0 saturated heterocycles. The number of nitrogens with zero attached hydrogens (tertiary/aromatic N) is 5. The van der Waals surface area contributed by atoms with Crippen molar-refractivity contribution in [1.29, 1.82) is 0 Å². The molecule has 12 heteroatoms. The van der Waals surface area contributed by atoms with Gasteiger partial charge in [0.1, 0.15) is 0 Å². The molecule has 3 heterocycles. The Bertz CT molecular complexity index is 1370. The van der Waals surface area contributed by atoms with E-state index < -0.39 is 21.8 Å². The fourth-order valence-electron chi connectivity index (χ4n) is 2.91. The van der Waals surface area contributed by atoms with Crippen LogP contribution in [0.3, 0.4) is 0 Å². The summed E-state index contributed by atoms with van der Waals surface area (Å²) in [6.45, 7) is 1.70. The lowest BCUT2D eigenvalue weighted by molar-refractivity contribution is 0.0937. The van der Waals surface area contributed by atoms with Gasteiger partial charge in [-0.3, -0.25) is 4.79 Å². The molecule has 0 radical (unpaired) electrons. The maximum absolute atomic E-state index is 12.9. The van der Waals surface area contributed by atoms with Crippen LogP contribution in [0.4, 0.5) is 0 Å². The van der Waals surface area contributed by atoms with Crippen molar-refractivity contribution < 1.29 is 17.6 Å². The van der Waals surface area contributed by atoms with Crippen molar-refractivity contribution >= 4 is 27.3 Å². The molecule has 10 nitrogen and oxygen atoms in total. The van der Waals surface area contributed by atoms with E-state index in [9.17, 15) is 13.2 Å². The van der Waals surface area contributed by atoms with Crippen LogP contribution in [0.25, 0.3) is 17.5 Å². The van der Waals surface area contributed by atoms with Gasteiger partial charge in [0.05, 0.1) is 17.2 Å². The summed E-state index contributed by atoms with van der Waals surface area (Å²) in [5, 5.41) is 7.34. The third-order valence-corrected chi connectivity index (χ3v) is 5.72. The van der Waals surface area contributed by atoms with Gasteiger partial charge in [-0.15, -0.1) is 5.10 Å². The summed E-state index contributed by atoms with van der Waals surface area (Å²) < 4.78 is 30.6. The number of carbonyl (C=O) groups excluding carboxylic acids is 1. The van der Waals surface area contributed by atoms with Gasteiger partial charge in [0.2, 0.25) is 5.82 Å². The Balaban J connectivity index is 1.68. The fraction of sp³-hybridized carbons (Fsp3) is 0.150. The van der Waals surface area contributed by atoms with Gasteiger partial charge in [-0.2, -0.15) is 4.68 Å². The number of benzene rings is 1. The molecule has 1 amide bonds. The van der Waals surface area contributed by atoms with E-state index in [1.807, 2.05) is 0 Å². The molecule has 1 unspecified atom stereocenters. The largest absolute Gasteiger partial charge is 0.461 e. The zero-order valence-electron chi connectivity index (χ0n) is 16.9. The molecule has 4 rings (SSSR count). The quantitative estimate of drug-likeness (QED) is 0.453. The second-order valence-corrected chi connectivity index (χ2v) is 9.33. The van der Waals surface area contributed by atoms with Gasteiger partial charge in [0, 0.05) is 29.2 Å². The first kappa shape index (κ1) is 21.7. The standard InChI is InChI=1S/C20H17ClN6O4S/c1-12(24-19(28)13-9-14(21)11-15(10-13)32(2,29)30)18-25-17(16-5-3-8-31-16)26-27(18)20-22-6-4-7-23-20/h3-12H,1-2H3,(H,24,28). The van der Waals surface area contributed by atoms with Crippen LogP contribution in [-0.2, 0) is 9.84 Å². The van der Waals surface area contributed by atoms with Crippen LogP contribution >= 0.6 is 11.6 Å². The summed E-state index contributed by atoms with van der Waals surface area (Å²) in [4.78, 5) is 25.7. The number of hydrogen-bond donors (Lipinski definition) is 1. The smallest absolute Gasteiger partial charge is 0.252 e. The van der Waals surface area contributed by atoms with E-state index in [1.54, 1.807) is 37.5 Å². The lowest BCUT2D eigenvalue weighted by atomic mass is 10.2. The van der Waals surface area contributed by atoms with E-state index in [-0.39, 0.29) is 21.4 Å². The Morgan fingerprint density at radius 3 is 2.59 bits per heavy atom. The van der Waals surface area contributed by atoms with Gasteiger partial charge in [0.15, 0.2) is 21.4 Å². The molecule has 0 saturated carbocycles.